The molecular formula is C20H18Cl2N2O2. The minimum atomic E-state index is -0.245. The third-order valence-corrected chi connectivity index (χ3v) is 5.57. The summed E-state index contributed by atoms with van der Waals surface area (Å²) in [6.07, 6.45) is 3.85. The van der Waals surface area contributed by atoms with Gasteiger partial charge in [0, 0.05) is 29.4 Å². The molecule has 1 aliphatic carbocycles. The number of nitrogens with zero attached hydrogens (tertiary/aromatic N) is 1. The Balaban J connectivity index is 1.54. The van der Waals surface area contributed by atoms with Crippen LogP contribution in [0.15, 0.2) is 36.4 Å². The van der Waals surface area contributed by atoms with Crippen molar-refractivity contribution in [2.24, 2.45) is 5.92 Å². The predicted molar refractivity (Wildman–Crippen MR) is 104 cm³/mol. The number of halogens is 2. The van der Waals surface area contributed by atoms with Crippen molar-refractivity contribution in [1.82, 2.24) is 0 Å². The summed E-state index contributed by atoms with van der Waals surface area (Å²) in [5.74, 6) is 0.193. The first-order valence-corrected chi connectivity index (χ1v) is 9.49. The molecule has 134 valence electrons. The summed E-state index contributed by atoms with van der Waals surface area (Å²) < 4.78 is 0. The van der Waals surface area contributed by atoms with Crippen LogP contribution < -0.4 is 10.2 Å². The zero-order chi connectivity index (χ0) is 18.3. The summed E-state index contributed by atoms with van der Waals surface area (Å²) in [5, 5.41) is 3.65. The molecule has 1 fully saturated rings. The molecule has 0 radical (unpaired) electrons. The maximum absolute atomic E-state index is 12.5. The van der Waals surface area contributed by atoms with Crippen LogP contribution in [0.25, 0.3) is 0 Å². The average molecular weight is 389 g/mol. The van der Waals surface area contributed by atoms with Crippen molar-refractivity contribution in [3.63, 3.8) is 0 Å². The Labute approximate surface area is 162 Å². The summed E-state index contributed by atoms with van der Waals surface area (Å²) in [4.78, 5) is 26.8. The van der Waals surface area contributed by atoms with E-state index in [0.717, 1.165) is 43.5 Å². The van der Waals surface area contributed by atoms with E-state index in [9.17, 15) is 9.59 Å². The molecule has 1 aliphatic heterocycles. The first-order chi connectivity index (χ1) is 12.5. The van der Waals surface area contributed by atoms with Gasteiger partial charge in [0.25, 0.3) is 5.91 Å². The number of amides is 2. The largest absolute Gasteiger partial charge is 0.322 e. The van der Waals surface area contributed by atoms with Gasteiger partial charge in [0.2, 0.25) is 5.91 Å². The number of hydrogen-bond donors (Lipinski definition) is 1. The van der Waals surface area contributed by atoms with Crippen molar-refractivity contribution >= 4 is 46.4 Å². The van der Waals surface area contributed by atoms with Crippen LogP contribution in [0.5, 0.6) is 0 Å². The summed E-state index contributed by atoms with van der Waals surface area (Å²) in [6, 6.07) is 10.5. The van der Waals surface area contributed by atoms with Crippen molar-refractivity contribution in [2.45, 2.75) is 25.7 Å². The summed E-state index contributed by atoms with van der Waals surface area (Å²) >= 11 is 11.9. The Hall–Kier alpha value is -2.04. The van der Waals surface area contributed by atoms with Gasteiger partial charge in [-0.2, -0.15) is 0 Å². The van der Waals surface area contributed by atoms with Crippen LogP contribution in [0.3, 0.4) is 0 Å². The molecule has 1 heterocycles. The van der Waals surface area contributed by atoms with Crippen LogP contribution in [0.4, 0.5) is 11.4 Å². The molecule has 0 aromatic heterocycles. The number of hydrogen-bond acceptors (Lipinski definition) is 2. The summed E-state index contributed by atoms with van der Waals surface area (Å²) in [7, 11) is 0. The lowest BCUT2D eigenvalue weighted by molar-refractivity contribution is -0.119. The van der Waals surface area contributed by atoms with Gasteiger partial charge in [-0.3, -0.25) is 9.59 Å². The van der Waals surface area contributed by atoms with Crippen LogP contribution >= 0.6 is 23.2 Å². The fraction of sp³-hybridized carbons (Fsp3) is 0.300. The summed E-state index contributed by atoms with van der Waals surface area (Å²) in [5.41, 5.74) is 3.22. The normalized spacial score (nSPS) is 16.2. The highest BCUT2D eigenvalue weighted by molar-refractivity contribution is 6.42. The second-order valence-corrected chi connectivity index (χ2v) is 7.61. The zero-order valence-corrected chi connectivity index (χ0v) is 15.6. The first kappa shape index (κ1) is 17.4. The van der Waals surface area contributed by atoms with E-state index in [1.807, 2.05) is 23.1 Å². The molecule has 2 aromatic rings. The fourth-order valence-corrected chi connectivity index (χ4v) is 3.59. The average Bonchev–Trinajstić information content (AvgIpc) is 3.48. The molecule has 4 rings (SSSR count). The van der Waals surface area contributed by atoms with E-state index in [1.54, 1.807) is 18.2 Å². The lowest BCUT2D eigenvalue weighted by Gasteiger charge is -2.30. The number of carbonyl (C=O) groups is 2. The Morgan fingerprint density at radius 2 is 1.85 bits per heavy atom. The third kappa shape index (κ3) is 3.44. The van der Waals surface area contributed by atoms with Crippen molar-refractivity contribution in [1.29, 1.82) is 0 Å². The van der Waals surface area contributed by atoms with Crippen LogP contribution in [-0.2, 0) is 11.2 Å². The number of benzene rings is 2. The van der Waals surface area contributed by atoms with Gasteiger partial charge in [0.15, 0.2) is 0 Å². The van der Waals surface area contributed by atoms with Crippen LogP contribution in [0, 0.1) is 5.92 Å². The van der Waals surface area contributed by atoms with E-state index in [-0.39, 0.29) is 17.7 Å². The third-order valence-electron chi connectivity index (χ3n) is 4.83. The van der Waals surface area contributed by atoms with Gasteiger partial charge < -0.3 is 10.2 Å². The SMILES string of the molecule is O=C(Nc1ccc2c(c1)CCCN2C(=O)C1CC1)c1ccc(Cl)c(Cl)c1. The maximum Gasteiger partial charge on any atom is 0.255 e. The minimum absolute atomic E-state index is 0.204. The van der Waals surface area contributed by atoms with Crippen LogP contribution in [-0.4, -0.2) is 18.4 Å². The number of fused-ring (bicyclic) bond motifs is 1. The highest BCUT2D eigenvalue weighted by atomic mass is 35.5. The highest BCUT2D eigenvalue weighted by Crippen LogP contribution is 2.36. The standard InChI is InChI=1S/C20H18Cl2N2O2/c21-16-7-5-14(11-17(16)22)19(25)23-15-6-8-18-13(10-15)2-1-9-24(18)20(26)12-3-4-12/h5-8,10-12H,1-4,9H2,(H,23,25). The molecule has 0 atom stereocenters. The lowest BCUT2D eigenvalue weighted by Crippen LogP contribution is -2.36. The molecule has 4 nitrogen and oxygen atoms in total. The molecule has 1 N–H and O–H groups in total. The van der Waals surface area contributed by atoms with Gasteiger partial charge in [-0.25, -0.2) is 0 Å². The predicted octanol–water partition coefficient (Wildman–Crippen LogP) is 4.93. The lowest BCUT2D eigenvalue weighted by atomic mass is 10.00. The number of aryl methyl sites for hydroxylation is 1. The fourth-order valence-electron chi connectivity index (χ4n) is 3.30. The topological polar surface area (TPSA) is 49.4 Å². The van der Waals surface area contributed by atoms with E-state index in [1.165, 1.54) is 0 Å². The van der Waals surface area contributed by atoms with E-state index in [2.05, 4.69) is 5.32 Å². The second kappa shape index (κ2) is 6.93. The molecule has 0 unspecified atom stereocenters. The van der Waals surface area contributed by atoms with Gasteiger partial charge >= 0.3 is 0 Å². The summed E-state index contributed by atoms with van der Waals surface area (Å²) in [6.45, 7) is 0.775. The van der Waals surface area contributed by atoms with E-state index < -0.39 is 0 Å². The highest BCUT2D eigenvalue weighted by Gasteiger charge is 2.35. The minimum Gasteiger partial charge on any atom is -0.322 e. The van der Waals surface area contributed by atoms with Crippen LogP contribution in [0.1, 0.15) is 35.2 Å². The van der Waals surface area contributed by atoms with Gasteiger partial charge in [0.1, 0.15) is 0 Å². The van der Waals surface area contributed by atoms with Crippen molar-refractivity contribution in [2.75, 3.05) is 16.8 Å². The molecule has 0 spiro atoms. The van der Waals surface area contributed by atoms with Crippen molar-refractivity contribution in [3.05, 3.63) is 57.6 Å². The molecule has 2 amide bonds. The van der Waals surface area contributed by atoms with Gasteiger partial charge in [0.05, 0.1) is 10.0 Å². The first-order valence-electron chi connectivity index (χ1n) is 8.73. The number of rotatable bonds is 3. The Morgan fingerprint density at radius 1 is 1.04 bits per heavy atom. The molecule has 26 heavy (non-hydrogen) atoms. The molecule has 0 bridgehead atoms. The number of nitrogens with one attached hydrogen (secondary N) is 1. The van der Waals surface area contributed by atoms with Gasteiger partial charge in [-0.1, -0.05) is 23.2 Å². The van der Waals surface area contributed by atoms with Crippen molar-refractivity contribution < 1.29 is 9.59 Å². The van der Waals surface area contributed by atoms with E-state index in [4.69, 9.17) is 23.2 Å². The van der Waals surface area contributed by atoms with Gasteiger partial charge in [-0.05, 0) is 67.6 Å². The molecule has 0 saturated heterocycles. The van der Waals surface area contributed by atoms with E-state index >= 15 is 0 Å². The molecule has 2 aromatic carbocycles. The molecule has 1 saturated carbocycles. The quantitative estimate of drug-likeness (QED) is 0.809. The number of anilines is 2. The molecular weight excluding hydrogens is 371 g/mol. The zero-order valence-electron chi connectivity index (χ0n) is 14.1. The molecule has 6 heteroatoms. The monoisotopic (exact) mass is 388 g/mol. The van der Waals surface area contributed by atoms with Crippen LogP contribution in [0.2, 0.25) is 10.0 Å². The smallest absolute Gasteiger partial charge is 0.255 e. The number of carbonyl (C=O) groups excluding carboxylic acids is 2. The molecule has 2 aliphatic rings. The maximum atomic E-state index is 12.5. The van der Waals surface area contributed by atoms with E-state index in [0.29, 0.717) is 21.3 Å². The second-order valence-electron chi connectivity index (χ2n) is 6.79. The van der Waals surface area contributed by atoms with Crippen molar-refractivity contribution in [3.8, 4) is 0 Å². The van der Waals surface area contributed by atoms with Gasteiger partial charge in [-0.15, -0.1) is 0 Å². The Morgan fingerprint density at radius 3 is 2.58 bits per heavy atom. The Bertz CT molecular complexity index is 893. The Kier molecular flexibility index (Phi) is 4.63.